The molecular formula is C20H21ClN4O2. The van der Waals surface area contributed by atoms with E-state index in [0.717, 1.165) is 16.8 Å². The van der Waals surface area contributed by atoms with Crippen LogP contribution in [0.4, 0.5) is 17.1 Å². The number of fused-ring (bicyclic) bond motifs is 1. The van der Waals surface area contributed by atoms with Gasteiger partial charge in [-0.1, -0.05) is 17.7 Å². The third kappa shape index (κ3) is 3.80. The number of benzene rings is 2. The van der Waals surface area contributed by atoms with Crippen molar-refractivity contribution in [3.8, 4) is 0 Å². The van der Waals surface area contributed by atoms with Crippen molar-refractivity contribution in [3.05, 3.63) is 68.7 Å². The van der Waals surface area contributed by atoms with Gasteiger partial charge in [-0.15, -0.1) is 0 Å². The molecule has 0 unspecified atom stereocenters. The SMILES string of the molecule is CC1=CC(C)(C)N(C)c2cc(Cl)c(/C=N/Nc3ccc([N+](=O)[O-])cc3)cc21. The van der Waals surface area contributed by atoms with Crippen molar-refractivity contribution in [1.29, 1.82) is 0 Å². The number of nitrogens with one attached hydrogen (secondary N) is 1. The molecular weight excluding hydrogens is 364 g/mol. The third-order valence-corrected chi connectivity index (χ3v) is 5.14. The zero-order chi connectivity index (χ0) is 19.8. The molecule has 1 N–H and O–H groups in total. The Morgan fingerprint density at radius 1 is 1.26 bits per heavy atom. The number of hydrogen-bond donors (Lipinski definition) is 1. The fraction of sp³-hybridized carbons (Fsp3) is 0.250. The van der Waals surface area contributed by atoms with E-state index in [0.29, 0.717) is 10.7 Å². The summed E-state index contributed by atoms with van der Waals surface area (Å²) >= 11 is 6.46. The molecule has 1 aliphatic heterocycles. The molecule has 0 spiro atoms. The van der Waals surface area contributed by atoms with Gasteiger partial charge >= 0.3 is 0 Å². The highest BCUT2D eigenvalue weighted by Gasteiger charge is 2.29. The Hall–Kier alpha value is -2.86. The minimum atomic E-state index is -0.436. The van der Waals surface area contributed by atoms with Crippen molar-refractivity contribution >= 4 is 40.5 Å². The molecule has 27 heavy (non-hydrogen) atoms. The predicted molar refractivity (Wildman–Crippen MR) is 112 cm³/mol. The maximum Gasteiger partial charge on any atom is 0.269 e. The summed E-state index contributed by atoms with van der Waals surface area (Å²) in [5.41, 5.74) is 7.69. The average molecular weight is 385 g/mol. The first-order chi connectivity index (χ1) is 12.7. The largest absolute Gasteiger partial charge is 0.365 e. The topological polar surface area (TPSA) is 70.8 Å². The van der Waals surface area contributed by atoms with Crippen LogP contribution in [0.2, 0.25) is 5.02 Å². The zero-order valence-corrected chi connectivity index (χ0v) is 16.4. The standard InChI is InChI=1S/C20H21ClN4O2/c1-13-11-20(2,3)24(4)19-10-18(21)14(9-17(13)19)12-22-23-15-5-7-16(8-6-15)25(26)27/h5-12,23H,1-4H3/b22-12+. The van der Waals surface area contributed by atoms with Crippen LogP contribution < -0.4 is 10.3 Å². The molecule has 0 radical (unpaired) electrons. The molecule has 0 saturated heterocycles. The van der Waals surface area contributed by atoms with E-state index in [1.54, 1.807) is 18.3 Å². The van der Waals surface area contributed by atoms with Gasteiger partial charge in [-0.2, -0.15) is 5.10 Å². The van der Waals surface area contributed by atoms with Crippen LogP contribution in [0.5, 0.6) is 0 Å². The van der Waals surface area contributed by atoms with Crippen LogP contribution in [-0.4, -0.2) is 23.7 Å². The minimum absolute atomic E-state index is 0.0385. The lowest BCUT2D eigenvalue weighted by Crippen LogP contribution is -2.42. The summed E-state index contributed by atoms with van der Waals surface area (Å²) in [4.78, 5) is 12.5. The van der Waals surface area contributed by atoms with Crippen LogP contribution in [0, 0.1) is 10.1 Å². The third-order valence-electron chi connectivity index (χ3n) is 4.81. The highest BCUT2D eigenvalue weighted by atomic mass is 35.5. The number of rotatable bonds is 4. The number of allylic oxidation sites excluding steroid dienone is 1. The number of hydrazone groups is 1. The molecule has 140 valence electrons. The fourth-order valence-electron chi connectivity index (χ4n) is 3.12. The van der Waals surface area contributed by atoms with Crippen LogP contribution in [0.1, 0.15) is 31.9 Å². The molecule has 6 nitrogen and oxygen atoms in total. The maximum absolute atomic E-state index is 10.7. The van der Waals surface area contributed by atoms with Gasteiger partial charge < -0.3 is 4.90 Å². The highest BCUT2D eigenvalue weighted by molar-refractivity contribution is 6.33. The lowest BCUT2D eigenvalue weighted by molar-refractivity contribution is -0.384. The average Bonchev–Trinajstić information content (AvgIpc) is 2.61. The van der Waals surface area contributed by atoms with Crippen LogP contribution in [-0.2, 0) is 0 Å². The number of nitrogens with zero attached hydrogens (tertiary/aromatic N) is 3. The molecule has 1 heterocycles. The van der Waals surface area contributed by atoms with Gasteiger partial charge in [-0.3, -0.25) is 15.5 Å². The van der Waals surface area contributed by atoms with Gasteiger partial charge in [0.1, 0.15) is 0 Å². The van der Waals surface area contributed by atoms with Crippen molar-refractivity contribution in [2.75, 3.05) is 17.4 Å². The summed E-state index contributed by atoms with van der Waals surface area (Å²) in [6.07, 6.45) is 3.89. The molecule has 7 heteroatoms. The van der Waals surface area contributed by atoms with Gasteiger partial charge in [0.05, 0.1) is 27.4 Å². The number of nitro benzene ring substituents is 1. The van der Waals surface area contributed by atoms with Gasteiger partial charge in [0.15, 0.2) is 0 Å². The molecule has 0 bridgehead atoms. The number of anilines is 2. The molecule has 2 aromatic carbocycles. The van der Waals surface area contributed by atoms with Crippen molar-refractivity contribution in [2.24, 2.45) is 5.10 Å². The maximum atomic E-state index is 10.7. The van der Waals surface area contributed by atoms with E-state index in [2.05, 4.69) is 49.3 Å². The monoisotopic (exact) mass is 384 g/mol. The highest BCUT2D eigenvalue weighted by Crippen LogP contribution is 2.40. The van der Waals surface area contributed by atoms with E-state index >= 15 is 0 Å². The smallest absolute Gasteiger partial charge is 0.269 e. The summed E-state index contributed by atoms with van der Waals surface area (Å²) in [5.74, 6) is 0. The van der Waals surface area contributed by atoms with E-state index in [1.807, 2.05) is 12.1 Å². The van der Waals surface area contributed by atoms with Crippen LogP contribution >= 0.6 is 11.6 Å². The van der Waals surface area contributed by atoms with Gasteiger partial charge in [0, 0.05) is 36.0 Å². The zero-order valence-electron chi connectivity index (χ0n) is 15.7. The molecule has 0 saturated carbocycles. The second-order valence-corrected chi connectivity index (χ2v) is 7.51. The molecule has 2 aromatic rings. The first-order valence-corrected chi connectivity index (χ1v) is 8.87. The first-order valence-electron chi connectivity index (χ1n) is 8.50. The molecule has 0 fully saturated rings. The summed E-state index contributed by atoms with van der Waals surface area (Å²) in [5, 5.41) is 15.5. The summed E-state index contributed by atoms with van der Waals surface area (Å²) in [6.45, 7) is 6.42. The summed E-state index contributed by atoms with van der Waals surface area (Å²) in [6, 6.07) is 10.0. The van der Waals surface area contributed by atoms with E-state index in [1.165, 1.54) is 17.7 Å². The summed E-state index contributed by atoms with van der Waals surface area (Å²) < 4.78 is 0. The Labute approximate surface area is 163 Å². The van der Waals surface area contributed by atoms with Gasteiger partial charge in [-0.05, 0) is 50.6 Å². The van der Waals surface area contributed by atoms with Gasteiger partial charge in [0.25, 0.3) is 5.69 Å². The fourth-order valence-corrected chi connectivity index (χ4v) is 3.33. The normalized spacial score (nSPS) is 15.4. The Morgan fingerprint density at radius 3 is 2.56 bits per heavy atom. The Morgan fingerprint density at radius 2 is 1.93 bits per heavy atom. The summed E-state index contributed by atoms with van der Waals surface area (Å²) in [7, 11) is 2.06. The predicted octanol–water partition coefficient (Wildman–Crippen LogP) is 5.33. The lowest BCUT2D eigenvalue weighted by atomic mass is 9.88. The van der Waals surface area contributed by atoms with Crippen LogP contribution in [0.15, 0.2) is 47.6 Å². The van der Waals surface area contributed by atoms with Gasteiger partial charge in [-0.25, -0.2) is 0 Å². The van der Waals surface area contributed by atoms with Crippen molar-refractivity contribution in [3.63, 3.8) is 0 Å². The number of non-ortho nitro benzene ring substituents is 1. The Balaban J connectivity index is 1.83. The van der Waals surface area contributed by atoms with Crippen molar-refractivity contribution in [1.82, 2.24) is 0 Å². The molecule has 0 amide bonds. The minimum Gasteiger partial charge on any atom is -0.365 e. The van der Waals surface area contributed by atoms with Crippen LogP contribution in [0.25, 0.3) is 5.57 Å². The molecule has 0 aromatic heterocycles. The van der Waals surface area contributed by atoms with Gasteiger partial charge in [0.2, 0.25) is 0 Å². The quantitative estimate of drug-likeness (QED) is 0.439. The second-order valence-electron chi connectivity index (χ2n) is 7.10. The first kappa shape index (κ1) is 18.9. The number of likely N-dealkylation sites (N-methyl/N-ethyl adjacent to an activating group) is 1. The number of nitro groups is 1. The number of hydrogen-bond acceptors (Lipinski definition) is 5. The van der Waals surface area contributed by atoms with E-state index in [-0.39, 0.29) is 11.2 Å². The molecule has 1 aliphatic rings. The van der Waals surface area contributed by atoms with Crippen molar-refractivity contribution in [2.45, 2.75) is 26.3 Å². The number of halogens is 1. The Kier molecular flexibility index (Phi) is 4.93. The van der Waals surface area contributed by atoms with E-state index < -0.39 is 4.92 Å². The van der Waals surface area contributed by atoms with E-state index in [4.69, 9.17) is 11.6 Å². The van der Waals surface area contributed by atoms with E-state index in [9.17, 15) is 10.1 Å². The second kappa shape index (κ2) is 7.04. The lowest BCUT2D eigenvalue weighted by Gasteiger charge is -2.40. The van der Waals surface area contributed by atoms with Crippen molar-refractivity contribution < 1.29 is 4.92 Å². The molecule has 0 atom stereocenters. The van der Waals surface area contributed by atoms with Crippen LogP contribution in [0.3, 0.4) is 0 Å². The Bertz CT molecular complexity index is 949. The molecule has 3 rings (SSSR count). The molecule has 0 aliphatic carbocycles.